The van der Waals surface area contributed by atoms with Crippen LogP contribution in [0.25, 0.3) is 22.6 Å². The maximum atomic E-state index is 13.8. The third-order valence-electron chi connectivity index (χ3n) is 3.16. The molecule has 0 aliphatic heterocycles. The molecule has 0 fully saturated rings. The average molecular weight is 344 g/mol. The normalized spacial score (nSPS) is 11.1. The van der Waals surface area contributed by atoms with Gasteiger partial charge in [-0.2, -0.15) is 0 Å². The Kier molecular flexibility index (Phi) is 4.81. The summed E-state index contributed by atoms with van der Waals surface area (Å²) >= 11 is 1.45. The minimum atomic E-state index is -0.443. The fourth-order valence-electron chi connectivity index (χ4n) is 2.00. The first kappa shape index (κ1) is 16.1. The molecule has 0 radical (unpaired) electrons. The summed E-state index contributed by atoms with van der Waals surface area (Å²) in [5.74, 6) is -0.212. The number of halogens is 1. The van der Waals surface area contributed by atoms with Crippen LogP contribution in [-0.4, -0.2) is 23.3 Å². The number of hydrogen-bond donors (Lipinski definition) is 0. The van der Waals surface area contributed by atoms with Crippen molar-refractivity contribution in [3.8, 4) is 10.4 Å². The van der Waals surface area contributed by atoms with Gasteiger partial charge in [0.2, 0.25) is 11.8 Å². The Morgan fingerprint density at radius 3 is 2.88 bits per heavy atom. The molecule has 3 rings (SSSR count). The summed E-state index contributed by atoms with van der Waals surface area (Å²) in [7, 11) is 1.30. The number of ether oxygens (including phenoxy) is 1. The predicted molar refractivity (Wildman–Crippen MR) is 88.7 cm³/mol. The number of esters is 1. The Morgan fingerprint density at radius 2 is 2.08 bits per heavy atom. The molecule has 24 heavy (non-hydrogen) atoms. The zero-order valence-electron chi connectivity index (χ0n) is 12.7. The lowest BCUT2D eigenvalue weighted by molar-refractivity contribution is -0.140. The van der Waals surface area contributed by atoms with E-state index in [-0.39, 0.29) is 24.0 Å². The lowest BCUT2D eigenvalue weighted by Gasteiger charge is -1.97. The molecule has 0 N–H and O–H groups in total. The van der Waals surface area contributed by atoms with Gasteiger partial charge >= 0.3 is 5.97 Å². The van der Waals surface area contributed by atoms with E-state index < -0.39 is 5.97 Å². The van der Waals surface area contributed by atoms with Crippen LogP contribution >= 0.6 is 11.3 Å². The van der Waals surface area contributed by atoms with Crippen molar-refractivity contribution in [1.29, 1.82) is 0 Å². The second-order valence-electron chi connectivity index (χ2n) is 4.80. The van der Waals surface area contributed by atoms with E-state index in [4.69, 9.17) is 4.42 Å². The number of benzene rings is 1. The molecule has 0 saturated heterocycles. The fraction of sp³-hybridized carbons (Fsp3) is 0.118. The topological polar surface area (TPSA) is 65.2 Å². The lowest BCUT2D eigenvalue weighted by atomic mass is 10.2. The predicted octanol–water partition coefficient (Wildman–Crippen LogP) is 3.82. The molecule has 2 aromatic heterocycles. The van der Waals surface area contributed by atoms with Crippen LogP contribution in [0.1, 0.15) is 16.7 Å². The summed E-state index contributed by atoms with van der Waals surface area (Å²) in [5, 5.41) is 7.60. The maximum absolute atomic E-state index is 13.8. The van der Waals surface area contributed by atoms with E-state index in [2.05, 4.69) is 14.9 Å². The molecule has 0 aliphatic carbocycles. The van der Waals surface area contributed by atoms with Crippen LogP contribution in [0, 0.1) is 5.82 Å². The molecule has 0 atom stereocenters. The number of carbonyl (C=O) groups excluding carboxylic acids is 1. The summed E-state index contributed by atoms with van der Waals surface area (Å²) in [5.41, 5.74) is 0.570. The van der Waals surface area contributed by atoms with E-state index in [0.717, 1.165) is 9.75 Å². The molecule has 0 amide bonds. The third kappa shape index (κ3) is 3.75. The minimum Gasteiger partial charge on any atom is -0.469 e. The Morgan fingerprint density at radius 1 is 1.25 bits per heavy atom. The molecule has 0 unspecified atom stereocenters. The molecular formula is C17H13FN2O3S. The van der Waals surface area contributed by atoms with Crippen LogP contribution in [0.15, 0.2) is 40.8 Å². The zero-order valence-corrected chi connectivity index (χ0v) is 13.5. The summed E-state index contributed by atoms with van der Waals surface area (Å²) in [4.78, 5) is 12.9. The van der Waals surface area contributed by atoms with Crippen molar-refractivity contribution in [3.05, 3.63) is 58.9 Å². The standard InChI is InChI=1S/C17H13FN2O3S/c1-22-17(21)10-16-20-19-15(23-16)9-7-11-6-8-14(24-11)12-4-2-3-5-13(12)18/h2-9H,10H2,1H3/b9-7+. The van der Waals surface area contributed by atoms with Crippen molar-refractivity contribution in [2.45, 2.75) is 6.42 Å². The van der Waals surface area contributed by atoms with Crippen LogP contribution in [0.5, 0.6) is 0 Å². The van der Waals surface area contributed by atoms with Gasteiger partial charge in [0.15, 0.2) is 0 Å². The number of methoxy groups -OCH3 is 1. The van der Waals surface area contributed by atoms with Crippen molar-refractivity contribution in [2.75, 3.05) is 7.11 Å². The smallest absolute Gasteiger partial charge is 0.315 e. The molecular weight excluding hydrogens is 331 g/mol. The highest BCUT2D eigenvalue weighted by atomic mass is 32.1. The van der Waals surface area contributed by atoms with E-state index in [1.54, 1.807) is 30.4 Å². The molecule has 7 heteroatoms. The molecule has 2 heterocycles. The molecule has 0 aliphatic rings. The first-order valence-corrected chi connectivity index (χ1v) is 7.89. The van der Waals surface area contributed by atoms with Crippen molar-refractivity contribution >= 4 is 29.5 Å². The van der Waals surface area contributed by atoms with Gasteiger partial charge in [0.05, 0.1) is 7.11 Å². The molecule has 122 valence electrons. The second kappa shape index (κ2) is 7.18. The van der Waals surface area contributed by atoms with E-state index in [9.17, 15) is 9.18 Å². The Bertz CT molecular complexity index is 885. The van der Waals surface area contributed by atoms with Crippen LogP contribution in [0.3, 0.4) is 0 Å². The summed E-state index contributed by atoms with van der Waals surface area (Å²) in [6.45, 7) is 0. The first-order valence-electron chi connectivity index (χ1n) is 7.08. The van der Waals surface area contributed by atoms with Gasteiger partial charge in [0.1, 0.15) is 12.2 Å². The van der Waals surface area contributed by atoms with Gasteiger partial charge in [-0.15, -0.1) is 21.5 Å². The highest BCUT2D eigenvalue weighted by molar-refractivity contribution is 7.16. The van der Waals surface area contributed by atoms with Gasteiger partial charge in [-0.3, -0.25) is 4.79 Å². The SMILES string of the molecule is COC(=O)Cc1nnc(/C=C/c2ccc(-c3ccccc3F)s2)o1. The average Bonchev–Trinajstić information content (AvgIpc) is 3.22. The second-order valence-corrected chi connectivity index (χ2v) is 5.92. The number of nitrogens with zero attached hydrogens (tertiary/aromatic N) is 2. The highest BCUT2D eigenvalue weighted by Gasteiger charge is 2.10. The molecule has 5 nitrogen and oxygen atoms in total. The van der Waals surface area contributed by atoms with Crippen molar-refractivity contribution < 1.29 is 18.3 Å². The minimum absolute atomic E-state index is 0.0617. The largest absolute Gasteiger partial charge is 0.469 e. The molecule has 0 saturated carbocycles. The number of hydrogen-bond acceptors (Lipinski definition) is 6. The molecule has 0 bridgehead atoms. The number of rotatable bonds is 5. The van der Waals surface area contributed by atoms with E-state index in [1.165, 1.54) is 24.5 Å². The van der Waals surface area contributed by atoms with Crippen LogP contribution < -0.4 is 0 Å². The summed E-state index contributed by atoms with van der Waals surface area (Å²) in [6.07, 6.45) is 3.38. The van der Waals surface area contributed by atoms with Gasteiger partial charge in [-0.05, 0) is 24.3 Å². The van der Waals surface area contributed by atoms with Gasteiger partial charge in [0.25, 0.3) is 0 Å². The van der Waals surface area contributed by atoms with Gasteiger partial charge in [-0.25, -0.2) is 4.39 Å². The van der Waals surface area contributed by atoms with Crippen molar-refractivity contribution in [3.63, 3.8) is 0 Å². The number of thiophene rings is 1. The number of carbonyl (C=O) groups is 1. The maximum Gasteiger partial charge on any atom is 0.315 e. The van der Waals surface area contributed by atoms with E-state index >= 15 is 0 Å². The van der Waals surface area contributed by atoms with E-state index in [1.807, 2.05) is 12.1 Å². The van der Waals surface area contributed by atoms with Gasteiger partial charge in [-0.1, -0.05) is 18.2 Å². The van der Waals surface area contributed by atoms with Crippen molar-refractivity contribution in [1.82, 2.24) is 10.2 Å². The Balaban J connectivity index is 1.72. The fourth-order valence-corrected chi connectivity index (χ4v) is 2.94. The van der Waals surface area contributed by atoms with Gasteiger partial charge in [0, 0.05) is 21.4 Å². The lowest BCUT2D eigenvalue weighted by Crippen LogP contribution is -2.04. The number of aromatic nitrogens is 2. The van der Waals surface area contributed by atoms with E-state index in [0.29, 0.717) is 5.56 Å². The Hall–Kier alpha value is -2.80. The zero-order chi connectivity index (χ0) is 16.9. The third-order valence-corrected chi connectivity index (χ3v) is 4.25. The molecule has 3 aromatic rings. The molecule has 0 spiro atoms. The monoisotopic (exact) mass is 344 g/mol. The van der Waals surface area contributed by atoms with Crippen LogP contribution in [-0.2, 0) is 16.0 Å². The molecule has 1 aromatic carbocycles. The van der Waals surface area contributed by atoms with Crippen LogP contribution in [0.4, 0.5) is 4.39 Å². The van der Waals surface area contributed by atoms with Crippen LogP contribution in [0.2, 0.25) is 0 Å². The van der Waals surface area contributed by atoms with Crippen molar-refractivity contribution in [2.24, 2.45) is 0 Å². The first-order chi connectivity index (χ1) is 11.7. The summed E-state index contributed by atoms with van der Waals surface area (Å²) in [6, 6.07) is 10.4. The highest BCUT2D eigenvalue weighted by Crippen LogP contribution is 2.30. The quantitative estimate of drug-likeness (QED) is 0.658. The van der Waals surface area contributed by atoms with Gasteiger partial charge < -0.3 is 9.15 Å². The Labute approximate surface area is 141 Å². The summed E-state index contributed by atoms with van der Waals surface area (Å²) < 4.78 is 23.6.